The molecule has 1 atom stereocenters. The van der Waals surface area contributed by atoms with Crippen molar-refractivity contribution in [2.45, 2.75) is 19.8 Å². The molecule has 96 valence electrons. The lowest BCUT2D eigenvalue weighted by atomic mass is 10.1. The maximum Gasteiger partial charge on any atom is 0.0501 e. The summed E-state index contributed by atoms with van der Waals surface area (Å²) in [5.74, 6) is 0. The van der Waals surface area contributed by atoms with E-state index < -0.39 is 0 Å². The van der Waals surface area contributed by atoms with Crippen LogP contribution in [-0.2, 0) is 4.52 Å². The van der Waals surface area contributed by atoms with Gasteiger partial charge in [-0.05, 0) is 17.5 Å². The van der Waals surface area contributed by atoms with Crippen molar-refractivity contribution in [2.24, 2.45) is 0 Å². The van der Waals surface area contributed by atoms with Gasteiger partial charge >= 0.3 is 0 Å². The Morgan fingerprint density at radius 2 is 1.28 bits per heavy atom. The summed E-state index contributed by atoms with van der Waals surface area (Å²) < 4.78 is 4.70. The average molecular weight is 260 g/mol. The quantitative estimate of drug-likeness (QED) is 0.558. The molecule has 0 N–H and O–H groups in total. The van der Waals surface area contributed by atoms with E-state index in [0.717, 1.165) is 6.61 Å². The maximum absolute atomic E-state index is 4.70. The fraction of sp³-hybridized carbons (Fsp3) is 0.250. The van der Waals surface area contributed by atoms with Crippen LogP contribution in [0, 0.1) is 0 Å². The number of hydrogen-bond acceptors (Lipinski definition) is 1. The molecule has 0 aliphatic heterocycles. The first kappa shape index (κ1) is 14.9. The Kier molecular flexibility index (Phi) is 8.12. The molecule has 0 amide bonds. The molecular weight excluding hydrogens is 239 g/mol. The fourth-order valence-corrected chi connectivity index (χ4v) is 1.66. The lowest BCUT2D eigenvalue weighted by Crippen LogP contribution is -1.78. The highest BCUT2D eigenvalue weighted by atomic mass is 31.0. The van der Waals surface area contributed by atoms with Crippen LogP contribution < -0.4 is 0 Å². The Morgan fingerprint density at radius 1 is 0.833 bits per heavy atom. The van der Waals surface area contributed by atoms with E-state index in [-0.39, 0.29) is 0 Å². The van der Waals surface area contributed by atoms with Gasteiger partial charge in [0.05, 0.1) is 6.61 Å². The second kappa shape index (κ2) is 9.82. The minimum absolute atomic E-state index is 0.876. The molecule has 0 aliphatic rings. The van der Waals surface area contributed by atoms with Crippen LogP contribution in [0.4, 0.5) is 0 Å². The Balaban J connectivity index is 0.000000232. The number of unbranched alkanes of at least 4 members (excludes halogenated alkanes) is 1. The number of hydrogen-bond donors (Lipinski definition) is 0. The SMILES string of the molecule is CCCCOP.c1ccc(-c2ccccc2)cc1. The highest BCUT2D eigenvalue weighted by Gasteiger charge is 1.91. The minimum Gasteiger partial charge on any atom is -0.366 e. The molecule has 0 spiro atoms. The molecule has 0 heterocycles. The zero-order valence-corrected chi connectivity index (χ0v) is 12.0. The van der Waals surface area contributed by atoms with Crippen LogP contribution in [0.1, 0.15) is 19.8 Å². The summed E-state index contributed by atoms with van der Waals surface area (Å²) in [5.41, 5.74) is 2.55. The molecule has 0 radical (unpaired) electrons. The lowest BCUT2D eigenvalue weighted by Gasteiger charge is -1.98. The van der Waals surface area contributed by atoms with E-state index in [0.29, 0.717) is 0 Å². The molecule has 0 aliphatic carbocycles. The summed E-state index contributed by atoms with van der Waals surface area (Å²) in [6.45, 7) is 3.02. The van der Waals surface area contributed by atoms with Crippen molar-refractivity contribution in [1.29, 1.82) is 0 Å². The van der Waals surface area contributed by atoms with Gasteiger partial charge in [-0.1, -0.05) is 74.0 Å². The molecular formula is C16H21OP. The van der Waals surface area contributed by atoms with Crippen LogP contribution in [0.3, 0.4) is 0 Å². The van der Waals surface area contributed by atoms with Crippen molar-refractivity contribution < 1.29 is 4.52 Å². The maximum atomic E-state index is 4.70. The van der Waals surface area contributed by atoms with Crippen LogP contribution in [-0.4, -0.2) is 6.61 Å². The normalized spacial score (nSPS) is 9.44. The molecule has 2 aromatic carbocycles. The first-order valence-corrected chi connectivity index (χ1v) is 6.77. The second-order valence-electron chi connectivity index (χ2n) is 3.96. The van der Waals surface area contributed by atoms with Gasteiger partial charge in [0.15, 0.2) is 0 Å². The Morgan fingerprint density at radius 3 is 1.56 bits per heavy atom. The van der Waals surface area contributed by atoms with E-state index in [1.807, 2.05) is 12.1 Å². The number of rotatable bonds is 4. The molecule has 1 unspecified atom stereocenters. The van der Waals surface area contributed by atoms with Crippen molar-refractivity contribution in [3.63, 3.8) is 0 Å². The van der Waals surface area contributed by atoms with Crippen LogP contribution in [0.15, 0.2) is 60.7 Å². The minimum atomic E-state index is 0.876. The van der Waals surface area contributed by atoms with Gasteiger partial charge in [-0.25, -0.2) is 0 Å². The van der Waals surface area contributed by atoms with E-state index in [9.17, 15) is 0 Å². The van der Waals surface area contributed by atoms with Crippen molar-refractivity contribution in [1.82, 2.24) is 0 Å². The lowest BCUT2D eigenvalue weighted by molar-refractivity contribution is 0.360. The summed E-state index contributed by atoms with van der Waals surface area (Å²) in [4.78, 5) is 0. The summed E-state index contributed by atoms with van der Waals surface area (Å²) in [6.07, 6.45) is 2.39. The van der Waals surface area contributed by atoms with Crippen molar-refractivity contribution >= 4 is 9.47 Å². The van der Waals surface area contributed by atoms with E-state index >= 15 is 0 Å². The second-order valence-corrected chi connectivity index (χ2v) is 4.29. The summed E-state index contributed by atoms with van der Waals surface area (Å²) in [7, 11) is 2.23. The summed E-state index contributed by atoms with van der Waals surface area (Å²) in [5, 5.41) is 0. The average Bonchev–Trinajstić information content (AvgIpc) is 2.48. The topological polar surface area (TPSA) is 9.23 Å². The standard InChI is InChI=1S/C12H10.C4H11OP/c1-3-7-11(8-4-1)12-9-5-2-6-10-12;1-2-3-4-5-6/h1-10H;2-4,6H2,1H3. The van der Waals surface area contributed by atoms with E-state index in [4.69, 9.17) is 4.52 Å². The molecule has 0 fully saturated rings. The molecule has 2 heteroatoms. The molecule has 2 aromatic rings. The van der Waals surface area contributed by atoms with Crippen molar-refractivity contribution in [3.05, 3.63) is 60.7 Å². The van der Waals surface area contributed by atoms with Crippen molar-refractivity contribution in [3.8, 4) is 11.1 Å². The summed E-state index contributed by atoms with van der Waals surface area (Å²) in [6, 6.07) is 20.8. The molecule has 0 saturated carbocycles. The zero-order chi connectivity index (χ0) is 13.1. The third kappa shape index (κ3) is 5.95. The Hall–Kier alpha value is -1.17. The largest absolute Gasteiger partial charge is 0.366 e. The van der Waals surface area contributed by atoms with Crippen LogP contribution in [0.25, 0.3) is 11.1 Å². The molecule has 0 bridgehead atoms. The Labute approximate surface area is 112 Å². The highest BCUT2D eigenvalue weighted by Crippen LogP contribution is 2.17. The van der Waals surface area contributed by atoms with Gasteiger partial charge in [-0.15, -0.1) is 0 Å². The van der Waals surface area contributed by atoms with Crippen LogP contribution in [0.2, 0.25) is 0 Å². The highest BCUT2D eigenvalue weighted by molar-refractivity contribution is 7.09. The third-order valence-corrected chi connectivity index (χ3v) is 2.73. The van der Waals surface area contributed by atoms with Gasteiger partial charge in [-0.2, -0.15) is 0 Å². The number of benzene rings is 2. The zero-order valence-electron chi connectivity index (χ0n) is 10.9. The molecule has 2 rings (SSSR count). The van der Waals surface area contributed by atoms with Crippen molar-refractivity contribution in [2.75, 3.05) is 6.61 Å². The Bertz CT molecular complexity index is 358. The molecule has 0 saturated heterocycles. The van der Waals surface area contributed by atoms with Gasteiger partial charge in [0.2, 0.25) is 0 Å². The van der Waals surface area contributed by atoms with Gasteiger partial charge in [0, 0.05) is 9.47 Å². The predicted molar refractivity (Wildman–Crippen MR) is 82.4 cm³/mol. The van der Waals surface area contributed by atoms with E-state index in [2.05, 4.69) is 64.9 Å². The van der Waals surface area contributed by atoms with Gasteiger partial charge < -0.3 is 4.52 Å². The third-order valence-electron chi connectivity index (χ3n) is 2.50. The molecule has 0 aromatic heterocycles. The predicted octanol–water partition coefficient (Wildman–Crippen LogP) is 4.95. The van der Waals surface area contributed by atoms with Crippen LogP contribution in [0.5, 0.6) is 0 Å². The van der Waals surface area contributed by atoms with E-state index in [1.165, 1.54) is 24.0 Å². The fourth-order valence-electron chi connectivity index (χ4n) is 1.49. The van der Waals surface area contributed by atoms with Gasteiger partial charge in [0.25, 0.3) is 0 Å². The van der Waals surface area contributed by atoms with E-state index in [1.54, 1.807) is 0 Å². The first-order valence-electron chi connectivity index (χ1n) is 6.30. The molecule has 1 nitrogen and oxygen atoms in total. The van der Waals surface area contributed by atoms with Gasteiger partial charge in [-0.3, -0.25) is 0 Å². The monoisotopic (exact) mass is 260 g/mol. The van der Waals surface area contributed by atoms with Gasteiger partial charge in [0.1, 0.15) is 0 Å². The summed E-state index contributed by atoms with van der Waals surface area (Å²) >= 11 is 0. The first-order chi connectivity index (χ1) is 8.88. The van der Waals surface area contributed by atoms with Crippen LogP contribution >= 0.6 is 9.47 Å². The molecule has 18 heavy (non-hydrogen) atoms. The smallest absolute Gasteiger partial charge is 0.0501 e.